The number of nitrogens with zero attached hydrogens (tertiary/aromatic N) is 1. The summed E-state index contributed by atoms with van der Waals surface area (Å²) >= 11 is 0. The van der Waals surface area contributed by atoms with E-state index in [1.807, 2.05) is 6.21 Å². The van der Waals surface area contributed by atoms with Gasteiger partial charge in [0.05, 0.1) is 6.42 Å². The molecule has 0 aromatic heterocycles. The Labute approximate surface area is 114 Å². The van der Waals surface area contributed by atoms with Crippen LogP contribution in [0.4, 0.5) is 0 Å². The zero-order valence-corrected chi connectivity index (χ0v) is 11.8. The van der Waals surface area contributed by atoms with Crippen molar-refractivity contribution in [1.82, 2.24) is 5.32 Å². The number of hydrogen-bond donors (Lipinski definition) is 1. The lowest BCUT2D eigenvalue weighted by atomic mass is 9.71. The van der Waals surface area contributed by atoms with Gasteiger partial charge in [0, 0.05) is 23.9 Å². The highest BCUT2D eigenvalue weighted by molar-refractivity contribution is 5.88. The van der Waals surface area contributed by atoms with Crippen molar-refractivity contribution >= 4 is 12.1 Å². The van der Waals surface area contributed by atoms with Crippen LogP contribution in [0.5, 0.6) is 0 Å². The molecule has 2 atom stereocenters. The van der Waals surface area contributed by atoms with Crippen LogP contribution < -0.4 is 5.32 Å². The monoisotopic (exact) mass is 256 g/mol. The Balaban J connectivity index is 2.00. The molecular weight excluding hydrogens is 236 g/mol. The number of nitrogens with one attached hydrogen (secondary N) is 1. The van der Waals surface area contributed by atoms with Gasteiger partial charge in [-0.15, -0.1) is 0 Å². The number of carbonyl (C=O) groups is 1. The van der Waals surface area contributed by atoms with E-state index >= 15 is 0 Å². The van der Waals surface area contributed by atoms with Crippen LogP contribution in [0.25, 0.3) is 0 Å². The minimum Gasteiger partial charge on any atom is -0.326 e. The van der Waals surface area contributed by atoms with E-state index in [9.17, 15) is 4.79 Å². The smallest absolute Gasteiger partial charge is 0.228 e. The molecule has 3 heteroatoms. The van der Waals surface area contributed by atoms with Gasteiger partial charge in [-0.25, -0.2) is 0 Å². The molecule has 1 amide bonds. The lowest BCUT2D eigenvalue weighted by molar-refractivity contribution is -0.118. The first kappa shape index (κ1) is 12.4. The Kier molecular flexibility index (Phi) is 2.73. The standard InChI is InChI=1S/C16H20N2O/c1-10-8-17-9-13(11(10)2)16(3)5-4-14-12(7-16)6-15(19)18-14/h4,7,9-10H,5-6,8H2,1-3H3,(H,18,19). The second-order valence-corrected chi connectivity index (χ2v) is 6.13. The van der Waals surface area contributed by atoms with Gasteiger partial charge in [-0.1, -0.05) is 31.6 Å². The molecule has 0 aromatic carbocycles. The van der Waals surface area contributed by atoms with Crippen molar-refractivity contribution in [3.63, 3.8) is 0 Å². The minimum atomic E-state index is -0.0204. The average Bonchev–Trinajstić information content (AvgIpc) is 2.71. The third-order valence-electron chi connectivity index (χ3n) is 4.57. The molecule has 100 valence electrons. The molecule has 3 nitrogen and oxygen atoms in total. The molecule has 3 aliphatic rings. The van der Waals surface area contributed by atoms with Crippen LogP contribution in [-0.2, 0) is 4.79 Å². The van der Waals surface area contributed by atoms with Gasteiger partial charge in [-0.3, -0.25) is 9.79 Å². The molecule has 0 radical (unpaired) electrons. The summed E-state index contributed by atoms with van der Waals surface area (Å²) in [4.78, 5) is 16.0. The maximum Gasteiger partial charge on any atom is 0.228 e. The molecule has 1 saturated heterocycles. The van der Waals surface area contributed by atoms with Gasteiger partial charge >= 0.3 is 0 Å². The largest absolute Gasteiger partial charge is 0.326 e. The molecule has 2 aliphatic heterocycles. The second-order valence-electron chi connectivity index (χ2n) is 6.13. The second kappa shape index (κ2) is 4.19. The van der Waals surface area contributed by atoms with Gasteiger partial charge < -0.3 is 5.32 Å². The van der Waals surface area contributed by atoms with Crippen molar-refractivity contribution in [2.24, 2.45) is 16.3 Å². The van der Waals surface area contributed by atoms with Crippen LogP contribution in [0.2, 0.25) is 0 Å². The van der Waals surface area contributed by atoms with Crippen molar-refractivity contribution in [1.29, 1.82) is 0 Å². The number of fused-ring (bicyclic) bond motifs is 1. The Morgan fingerprint density at radius 2 is 2.26 bits per heavy atom. The van der Waals surface area contributed by atoms with E-state index in [4.69, 9.17) is 0 Å². The normalized spacial score (nSPS) is 33.8. The Morgan fingerprint density at radius 3 is 3.05 bits per heavy atom. The lowest BCUT2D eigenvalue weighted by Crippen LogP contribution is -2.26. The summed E-state index contributed by atoms with van der Waals surface area (Å²) in [6.07, 6.45) is 7.91. The quantitative estimate of drug-likeness (QED) is 0.770. The van der Waals surface area contributed by atoms with Crippen LogP contribution in [-0.4, -0.2) is 18.7 Å². The number of dihydropyridines is 1. The molecule has 0 spiro atoms. The van der Waals surface area contributed by atoms with Gasteiger partial charge in [-0.05, 0) is 30.4 Å². The highest BCUT2D eigenvalue weighted by Crippen LogP contribution is 2.43. The molecule has 1 aliphatic carbocycles. The fourth-order valence-corrected chi connectivity index (χ4v) is 3.20. The Hall–Kier alpha value is -1.64. The molecule has 0 aromatic rings. The number of hydrogen-bond acceptors (Lipinski definition) is 2. The summed E-state index contributed by atoms with van der Waals surface area (Å²) in [5.74, 6) is 0.627. The molecular formula is C16H20N2O. The summed E-state index contributed by atoms with van der Waals surface area (Å²) < 4.78 is 0. The van der Waals surface area contributed by atoms with Gasteiger partial charge in [0.15, 0.2) is 0 Å². The molecule has 3 rings (SSSR count). The third-order valence-corrected chi connectivity index (χ3v) is 4.57. The number of allylic oxidation sites excluding steroid dienone is 4. The summed E-state index contributed by atoms with van der Waals surface area (Å²) in [6.45, 7) is 7.58. The minimum absolute atomic E-state index is 0.0204. The Morgan fingerprint density at radius 1 is 1.47 bits per heavy atom. The van der Waals surface area contributed by atoms with Crippen molar-refractivity contribution in [3.8, 4) is 0 Å². The molecule has 19 heavy (non-hydrogen) atoms. The van der Waals surface area contributed by atoms with E-state index in [2.05, 4.69) is 43.2 Å². The zero-order chi connectivity index (χ0) is 13.6. The maximum atomic E-state index is 11.5. The van der Waals surface area contributed by atoms with Crippen LogP contribution in [0, 0.1) is 11.3 Å². The van der Waals surface area contributed by atoms with E-state index in [-0.39, 0.29) is 11.3 Å². The summed E-state index contributed by atoms with van der Waals surface area (Å²) in [5, 5.41) is 2.92. The first-order chi connectivity index (χ1) is 8.99. The van der Waals surface area contributed by atoms with Gasteiger partial charge in [0.25, 0.3) is 0 Å². The van der Waals surface area contributed by atoms with Crippen LogP contribution in [0.3, 0.4) is 0 Å². The van der Waals surface area contributed by atoms with Crippen LogP contribution in [0.15, 0.2) is 39.6 Å². The van der Waals surface area contributed by atoms with E-state index < -0.39 is 0 Å². The van der Waals surface area contributed by atoms with Gasteiger partial charge in [-0.2, -0.15) is 0 Å². The summed E-state index contributed by atoms with van der Waals surface area (Å²) in [6, 6.07) is 0. The van der Waals surface area contributed by atoms with E-state index in [0.29, 0.717) is 12.3 Å². The molecule has 1 fully saturated rings. The molecule has 0 saturated carbocycles. The Bertz CT molecular complexity index is 565. The first-order valence-electron chi connectivity index (χ1n) is 6.93. The fourth-order valence-electron chi connectivity index (χ4n) is 3.20. The highest BCUT2D eigenvalue weighted by Gasteiger charge is 2.35. The van der Waals surface area contributed by atoms with E-state index in [0.717, 1.165) is 24.2 Å². The predicted octanol–water partition coefficient (Wildman–Crippen LogP) is 2.76. The topological polar surface area (TPSA) is 41.5 Å². The van der Waals surface area contributed by atoms with Gasteiger partial charge in [0.2, 0.25) is 5.91 Å². The van der Waals surface area contributed by atoms with Crippen LogP contribution in [0.1, 0.15) is 33.6 Å². The summed E-state index contributed by atoms with van der Waals surface area (Å²) in [5.41, 5.74) is 4.90. The van der Waals surface area contributed by atoms with Crippen molar-refractivity contribution in [2.75, 3.05) is 6.54 Å². The number of amides is 1. The van der Waals surface area contributed by atoms with Crippen molar-refractivity contribution in [2.45, 2.75) is 33.6 Å². The van der Waals surface area contributed by atoms with Crippen molar-refractivity contribution < 1.29 is 4.79 Å². The first-order valence-corrected chi connectivity index (χ1v) is 6.93. The molecule has 2 unspecified atom stereocenters. The van der Waals surface area contributed by atoms with Crippen LogP contribution >= 0.6 is 0 Å². The highest BCUT2D eigenvalue weighted by atomic mass is 16.1. The molecule has 0 bridgehead atoms. The predicted molar refractivity (Wildman–Crippen MR) is 76.9 cm³/mol. The van der Waals surface area contributed by atoms with E-state index in [1.54, 1.807) is 0 Å². The molecule has 1 N–H and O–H groups in total. The lowest BCUT2D eigenvalue weighted by Gasteiger charge is -2.34. The SMILES string of the molecule is CC1=C(C2(C)C=C3CC(=O)NC3=CC2)C=NCC1C. The third kappa shape index (κ3) is 1.97. The van der Waals surface area contributed by atoms with Gasteiger partial charge in [0.1, 0.15) is 0 Å². The maximum absolute atomic E-state index is 11.5. The number of rotatable bonds is 1. The molecule has 2 heterocycles. The number of carbonyl (C=O) groups excluding carboxylic acids is 1. The van der Waals surface area contributed by atoms with E-state index in [1.165, 1.54) is 11.1 Å². The van der Waals surface area contributed by atoms with Crippen molar-refractivity contribution in [3.05, 3.63) is 34.6 Å². The number of aliphatic imine (C=N–C) groups is 1. The zero-order valence-electron chi connectivity index (χ0n) is 11.8. The average molecular weight is 256 g/mol. The summed E-state index contributed by atoms with van der Waals surface area (Å²) in [7, 11) is 0. The fraction of sp³-hybridized carbons (Fsp3) is 0.500.